The molecule has 0 saturated heterocycles. The van der Waals surface area contributed by atoms with Gasteiger partial charge in [-0.2, -0.15) is 0 Å². The van der Waals surface area contributed by atoms with E-state index in [-0.39, 0.29) is 6.04 Å². The molecule has 0 bridgehead atoms. The summed E-state index contributed by atoms with van der Waals surface area (Å²) in [6, 6.07) is 15.6. The standard InChI is InChI=1S/C26H32N2O2/c1-18-12-20(3)24(13-19(18)2)26-25-8-6-9-27(25)10-7-11-28(26)17-21-14-22(29-4)16-23(15-21)30-5/h6,8-9,12-16,26H,7,10-11,17H2,1-5H3. The molecule has 1 aromatic heterocycles. The third-order valence-electron chi connectivity index (χ3n) is 6.33. The monoisotopic (exact) mass is 404 g/mol. The molecule has 0 saturated carbocycles. The number of benzene rings is 2. The summed E-state index contributed by atoms with van der Waals surface area (Å²) in [4.78, 5) is 2.60. The molecular formula is C26H32N2O2. The molecule has 30 heavy (non-hydrogen) atoms. The number of rotatable bonds is 5. The maximum Gasteiger partial charge on any atom is 0.122 e. The molecule has 158 valence electrons. The summed E-state index contributed by atoms with van der Waals surface area (Å²) in [7, 11) is 3.41. The van der Waals surface area contributed by atoms with Crippen LogP contribution in [-0.2, 0) is 13.1 Å². The normalized spacial score (nSPS) is 16.8. The molecule has 4 nitrogen and oxygen atoms in total. The van der Waals surface area contributed by atoms with Gasteiger partial charge < -0.3 is 14.0 Å². The molecule has 4 heteroatoms. The number of hydrogen-bond donors (Lipinski definition) is 0. The van der Waals surface area contributed by atoms with Crippen molar-refractivity contribution in [3.8, 4) is 11.5 Å². The van der Waals surface area contributed by atoms with E-state index >= 15 is 0 Å². The first-order chi connectivity index (χ1) is 14.5. The molecule has 1 aliphatic rings. The molecule has 0 N–H and O–H groups in total. The Bertz CT molecular complexity index is 1020. The Kier molecular flexibility index (Phi) is 5.87. The Labute approximate surface area is 180 Å². The number of nitrogens with zero attached hydrogens (tertiary/aromatic N) is 2. The van der Waals surface area contributed by atoms with Crippen LogP contribution in [0, 0.1) is 20.8 Å². The van der Waals surface area contributed by atoms with Crippen LogP contribution in [-0.4, -0.2) is 30.2 Å². The third-order valence-corrected chi connectivity index (χ3v) is 6.33. The summed E-state index contributed by atoms with van der Waals surface area (Å²) in [6.45, 7) is 9.59. The smallest absolute Gasteiger partial charge is 0.122 e. The van der Waals surface area contributed by atoms with Crippen molar-refractivity contribution >= 4 is 0 Å². The van der Waals surface area contributed by atoms with Gasteiger partial charge in [-0.15, -0.1) is 0 Å². The molecular weight excluding hydrogens is 372 g/mol. The van der Waals surface area contributed by atoms with Crippen LogP contribution in [0.4, 0.5) is 0 Å². The molecule has 0 fully saturated rings. The lowest BCUT2D eigenvalue weighted by Gasteiger charge is -2.32. The van der Waals surface area contributed by atoms with Crippen LogP contribution in [0.1, 0.15) is 46.0 Å². The first-order valence-corrected chi connectivity index (χ1v) is 10.7. The zero-order chi connectivity index (χ0) is 21.3. The fourth-order valence-electron chi connectivity index (χ4n) is 4.64. The van der Waals surface area contributed by atoms with Crippen molar-refractivity contribution in [2.24, 2.45) is 0 Å². The van der Waals surface area contributed by atoms with E-state index in [1.165, 1.54) is 33.5 Å². The van der Waals surface area contributed by atoms with Crippen LogP contribution in [0.5, 0.6) is 11.5 Å². The van der Waals surface area contributed by atoms with Crippen molar-refractivity contribution in [2.75, 3.05) is 20.8 Å². The van der Waals surface area contributed by atoms with Crippen LogP contribution >= 0.6 is 0 Å². The highest BCUT2D eigenvalue weighted by Crippen LogP contribution is 2.36. The Morgan fingerprint density at radius 2 is 1.57 bits per heavy atom. The molecule has 1 unspecified atom stereocenters. The van der Waals surface area contributed by atoms with Crippen molar-refractivity contribution in [3.63, 3.8) is 0 Å². The van der Waals surface area contributed by atoms with E-state index in [9.17, 15) is 0 Å². The van der Waals surface area contributed by atoms with E-state index in [4.69, 9.17) is 9.47 Å². The van der Waals surface area contributed by atoms with Crippen molar-refractivity contribution in [1.82, 2.24) is 9.47 Å². The van der Waals surface area contributed by atoms with Crippen LogP contribution < -0.4 is 9.47 Å². The second kappa shape index (κ2) is 8.57. The average molecular weight is 405 g/mol. The van der Waals surface area contributed by atoms with Crippen LogP contribution in [0.15, 0.2) is 48.7 Å². The second-order valence-corrected chi connectivity index (χ2v) is 8.37. The van der Waals surface area contributed by atoms with Crippen LogP contribution in [0.3, 0.4) is 0 Å². The van der Waals surface area contributed by atoms with E-state index in [0.717, 1.165) is 37.6 Å². The van der Waals surface area contributed by atoms with Gasteiger partial charge in [-0.1, -0.05) is 12.1 Å². The van der Waals surface area contributed by atoms with Gasteiger partial charge in [-0.05, 0) is 79.3 Å². The van der Waals surface area contributed by atoms with Gasteiger partial charge in [-0.25, -0.2) is 0 Å². The predicted octanol–water partition coefficient (Wildman–Crippen LogP) is 5.43. The third kappa shape index (κ3) is 3.97. The molecule has 0 amide bonds. The lowest BCUT2D eigenvalue weighted by atomic mass is 9.92. The lowest BCUT2D eigenvalue weighted by molar-refractivity contribution is 0.219. The van der Waals surface area contributed by atoms with Crippen LogP contribution in [0.25, 0.3) is 0 Å². The first-order valence-electron chi connectivity index (χ1n) is 10.7. The largest absolute Gasteiger partial charge is 0.497 e. The fourth-order valence-corrected chi connectivity index (χ4v) is 4.64. The Morgan fingerprint density at radius 3 is 2.27 bits per heavy atom. The predicted molar refractivity (Wildman–Crippen MR) is 122 cm³/mol. The molecule has 1 atom stereocenters. The number of hydrogen-bond acceptors (Lipinski definition) is 3. The summed E-state index contributed by atoms with van der Waals surface area (Å²) in [5.74, 6) is 1.67. The molecule has 2 aromatic carbocycles. The fraction of sp³-hybridized carbons (Fsp3) is 0.385. The minimum atomic E-state index is 0.221. The Morgan fingerprint density at radius 1 is 0.867 bits per heavy atom. The SMILES string of the molecule is COc1cc(CN2CCCn3cccc3C2c2cc(C)c(C)cc2C)cc(OC)c1. The molecule has 0 radical (unpaired) electrons. The van der Waals surface area contributed by atoms with Gasteiger partial charge in [0.15, 0.2) is 0 Å². The summed E-state index contributed by atoms with van der Waals surface area (Å²) in [6.07, 6.45) is 3.35. The molecule has 0 aliphatic carbocycles. The molecule has 4 rings (SSSR count). The topological polar surface area (TPSA) is 26.6 Å². The molecule has 1 aliphatic heterocycles. The van der Waals surface area contributed by atoms with Crippen molar-refractivity contribution in [2.45, 2.75) is 46.3 Å². The van der Waals surface area contributed by atoms with E-state index < -0.39 is 0 Å². The Hall–Kier alpha value is -2.72. The summed E-state index contributed by atoms with van der Waals surface area (Å²) in [5.41, 5.74) is 8.03. The van der Waals surface area contributed by atoms with E-state index in [2.05, 4.69) is 72.8 Å². The highest BCUT2D eigenvalue weighted by atomic mass is 16.5. The van der Waals surface area contributed by atoms with Gasteiger partial charge in [0.05, 0.1) is 20.3 Å². The minimum absolute atomic E-state index is 0.221. The number of aromatic nitrogens is 1. The summed E-state index contributed by atoms with van der Waals surface area (Å²) < 4.78 is 13.4. The first kappa shape index (κ1) is 20.5. The molecule has 2 heterocycles. The maximum atomic E-state index is 5.51. The molecule has 3 aromatic rings. The number of aryl methyl sites for hydroxylation is 4. The highest BCUT2D eigenvalue weighted by Gasteiger charge is 2.29. The van der Waals surface area contributed by atoms with Gasteiger partial charge >= 0.3 is 0 Å². The van der Waals surface area contributed by atoms with Gasteiger partial charge in [0.1, 0.15) is 11.5 Å². The van der Waals surface area contributed by atoms with Crippen molar-refractivity contribution in [3.05, 3.63) is 82.2 Å². The number of methoxy groups -OCH3 is 2. The zero-order valence-electron chi connectivity index (χ0n) is 18.7. The molecule has 0 spiro atoms. The summed E-state index contributed by atoms with van der Waals surface area (Å²) >= 11 is 0. The second-order valence-electron chi connectivity index (χ2n) is 8.37. The van der Waals surface area contributed by atoms with Gasteiger partial charge in [0.25, 0.3) is 0 Å². The quantitative estimate of drug-likeness (QED) is 0.568. The Balaban J connectivity index is 1.79. The van der Waals surface area contributed by atoms with E-state index in [1.54, 1.807) is 14.2 Å². The number of fused-ring (bicyclic) bond motifs is 1. The van der Waals surface area contributed by atoms with Crippen molar-refractivity contribution < 1.29 is 9.47 Å². The maximum absolute atomic E-state index is 5.51. The average Bonchev–Trinajstić information content (AvgIpc) is 3.12. The lowest BCUT2D eigenvalue weighted by Crippen LogP contribution is -2.30. The van der Waals surface area contributed by atoms with E-state index in [0.29, 0.717) is 0 Å². The van der Waals surface area contributed by atoms with Crippen LogP contribution in [0.2, 0.25) is 0 Å². The van der Waals surface area contributed by atoms with Gasteiger partial charge in [-0.3, -0.25) is 4.90 Å². The number of ether oxygens (including phenoxy) is 2. The highest BCUT2D eigenvalue weighted by molar-refractivity contribution is 5.43. The zero-order valence-corrected chi connectivity index (χ0v) is 18.7. The van der Waals surface area contributed by atoms with Gasteiger partial charge in [0.2, 0.25) is 0 Å². The van der Waals surface area contributed by atoms with E-state index in [1.807, 2.05) is 6.07 Å². The van der Waals surface area contributed by atoms with Crippen molar-refractivity contribution in [1.29, 1.82) is 0 Å². The minimum Gasteiger partial charge on any atom is -0.497 e. The summed E-state index contributed by atoms with van der Waals surface area (Å²) in [5, 5.41) is 0. The van der Waals surface area contributed by atoms with Gasteiger partial charge in [0, 0.05) is 37.6 Å².